The van der Waals surface area contributed by atoms with Crippen LogP contribution in [0.15, 0.2) is 6.33 Å². The number of aryl methyl sites for hydroxylation is 1. The molecule has 0 radical (unpaired) electrons. The number of hydrogen-bond donors (Lipinski definition) is 0. The topological polar surface area (TPSA) is 63.5 Å². The van der Waals surface area contributed by atoms with Crippen LogP contribution in [-0.2, 0) is 16.6 Å². The summed E-state index contributed by atoms with van der Waals surface area (Å²) < 4.78 is 7.70. The summed E-state index contributed by atoms with van der Waals surface area (Å²) >= 11 is 0. The summed E-state index contributed by atoms with van der Waals surface area (Å²) in [5, 5.41) is 8.19. The van der Waals surface area contributed by atoms with Crippen LogP contribution in [0.5, 0.6) is 0 Å². The van der Waals surface area contributed by atoms with Crippen molar-refractivity contribution in [3.63, 3.8) is 0 Å². The normalized spacial score (nSPS) is 27.3. The monoisotopic (exact) mass is 321 g/mol. The van der Waals surface area contributed by atoms with E-state index >= 15 is 0 Å². The Morgan fingerprint density at radius 2 is 1.91 bits per heavy atom. The van der Waals surface area contributed by atoms with Gasteiger partial charge in [0, 0.05) is 26.1 Å². The molecule has 3 heterocycles. The van der Waals surface area contributed by atoms with E-state index in [0.717, 1.165) is 31.8 Å². The van der Waals surface area contributed by atoms with Crippen molar-refractivity contribution in [3.8, 4) is 0 Å². The quantitative estimate of drug-likeness (QED) is 0.817. The molecule has 1 aromatic rings. The third-order valence-corrected chi connectivity index (χ3v) is 4.83. The molecule has 2 atom stereocenters. The maximum Gasteiger partial charge on any atom is 0.236 e. The number of carbonyl (C=O) groups is 1. The molecule has 7 heteroatoms. The van der Waals surface area contributed by atoms with Gasteiger partial charge in [0.15, 0.2) is 0 Å². The molecule has 0 N–H and O–H groups in total. The van der Waals surface area contributed by atoms with Gasteiger partial charge in [-0.1, -0.05) is 0 Å². The number of hydrogen-bond acceptors (Lipinski definition) is 5. The fourth-order valence-corrected chi connectivity index (χ4v) is 3.68. The predicted molar refractivity (Wildman–Crippen MR) is 86.0 cm³/mol. The molecule has 0 unspecified atom stereocenters. The van der Waals surface area contributed by atoms with E-state index in [-0.39, 0.29) is 18.1 Å². The summed E-state index contributed by atoms with van der Waals surface area (Å²) in [6.07, 6.45) is 4.09. The lowest BCUT2D eigenvalue weighted by Crippen LogP contribution is -2.51. The molecular weight excluding hydrogens is 294 g/mol. The average molecular weight is 321 g/mol. The summed E-state index contributed by atoms with van der Waals surface area (Å²) in [6, 6.07) is 0. The molecule has 0 spiro atoms. The van der Waals surface area contributed by atoms with E-state index in [2.05, 4.69) is 15.1 Å². The van der Waals surface area contributed by atoms with E-state index in [4.69, 9.17) is 4.74 Å². The van der Waals surface area contributed by atoms with Gasteiger partial charge >= 0.3 is 0 Å². The molecule has 2 aliphatic rings. The predicted octanol–water partition coefficient (Wildman–Crippen LogP) is 0.630. The van der Waals surface area contributed by atoms with Gasteiger partial charge in [0.25, 0.3) is 0 Å². The van der Waals surface area contributed by atoms with Crippen molar-refractivity contribution in [1.82, 2.24) is 24.6 Å². The van der Waals surface area contributed by atoms with Crippen molar-refractivity contribution in [2.75, 3.05) is 32.7 Å². The lowest BCUT2D eigenvalue weighted by atomic mass is 9.96. The lowest BCUT2D eigenvalue weighted by molar-refractivity contribution is -0.144. The van der Waals surface area contributed by atoms with Crippen LogP contribution >= 0.6 is 0 Å². The Morgan fingerprint density at radius 1 is 1.26 bits per heavy atom. The van der Waals surface area contributed by atoms with Gasteiger partial charge in [-0.3, -0.25) is 9.69 Å². The van der Waals surface area contributed by atoms with E-state index in [0.29, 0.717) is 25.6 Å². The molecule has 3 rings (SSSR count). The van der Waals surface area contributed by atoms with Gasteiger partial charge < -0.3 is 14.2 Å². The number of amides is 1. The highest BCUT2D eigenvalue weighted by Gasteiger charge is 2.29. The summed E-state index contributed by atoms with van der Waals surface area (Å²) in [4.78, 5) is 16.7. The van der Waals surface area contributed by atoms with Gasteiger partial charge in [-0.25, -0.2) is 0 Å². The van der Waals surface area contributed by atoms with Crippen LogP contribution < -0.4 is 0 Å². The van der Waals surface area contributed by atoms with E-state index in [9.17, 15) is 4.79 Å². The van der Waals surface area contributed by atoms with Crippen molar-refractivity contribution in [2.24, 2.45) is 7.05 Å². The van der Waals surface area contributed by atoms with Gasteiger partial charge in [0.2, 0.25) is 5.91 Å². The van der Waals surface area contributed by atoms with Crippen LogP contribution in [-0.4, -0.2) is 75.4 Å². The highest BCUT2D eigenvalue weighted by molar-refractivity contribution is 5.78. The number of aromatic nitrogens is 3. The summed E-state index contributed by atoms with van der Waals surface area (Å²) in [7, 11) is 1.99. The summed E-state index contributed by atoms with van der Waals surface area (Å²) in [5.74, 6) is 1.74. The van der Waals surface area contributed by atoms with Gasteiger partial charge in [0.05, 0.1) is 18.8 Å². The number of likely N-dealkylation sites (tertiary alicyclic amines) is 1. The average Bonchev–Trinajstić information content (AvgIpc) is 2.93. The standard InChI is InChI=1S/C16H27N5O2/c1-12-8-21(9-13(2)23-12)15(22)10-20-6-4-14(5-7-20)16-18-17-11-19(16)3/h11-14H,4-10H2,1-3H3/t12-,13+. The van der Waals surface area contributed by atoms with Crippen LogP contribution in [0.25, 0.3) is 0 Å². The highest BCUT2D eigenvalue weighted by atomic mass is 16.5. The number of carbonyl (C=O) groups excluding carboxylic acids is 1. The van der Waals surface area contributed by atoms with Crippen molar-refractivity contribution >= 4 is 5.91 Å². The second-order valence-electron chi connectivity index (χ2n) is 6.91. The molecule has 1 aromatic heterocycles. The SMILES string of the molecule is C[C@@H]1CN(C(=O)CN2CCC(c3nncn3C)CC2)C[C@H](C)O1. The zero-order valence-corrected chi connectivity index (χ0v) is 14.3. The molecule has 2 saturated heterocycles. The Morgan fingerprint density at radius 3 is 2.48 bits per heavy atom. The molecule has 128 valence electrons. The minimum absolute atomic E-state index is 0.129. The smallest absolute Gasteiger partial charge is 0.236 e. The van der Waals surface area contributed by atoms with Crippen LogP contribution in [0.4, 0.5) is 0 Å². The molecular formula is C16H27N5O2. The molecule has 1 amide bonds. The highest BCUT2D eigenvalue weighted by Crippen LogP contribution is 2.26. The maximum absolute atomic E-state index is 12.5. The number of ether oxygens (including phenoxy) is 1. The number of rotatable bonds is 3. The Bertz CT molecular complexity index is 528. The first-order valence-electron chi connectivity index (χ1n) is 8.52. The van der Waals surface area contributed by atoms with E-state index < -0.39 is 0 Å². The van der Waals surface area contributed by atoms with Crippen LogP contribution in [0.3, 0.4) is 0 Å². The van der Waals surface area contributed by atoms with Crippen LogP contribution in [0.1, 0.15) is 38.4 Å². The lowest BCUT2D eigenvalue weighted by Gasteiger charge is -2.37. The molecule has 2 aliphatic heterocycles. The van der Waals surface area contributed by atoms with Gasteiger partial charge in [-0.15, -0.1) is 10.2 Å². The van der Waals surface area contributed by atoms with Crippen LogP contribution in [0.2, 0.25) is 0 Å². The van der Waals surface area contributed by atoms with E-state index in [1.54, 1.807) is 6.33 Å². The molecule has 0 aromatic carbocycles. The van der Waals surface area contributed by atoms with Crippen molar-refractivity contribution in [2.45, 2.75) is 44.8 Å². The minimum Gasteiger partial charge on any atom is -0.372 e. The second kappa shape index (κ2) is 6.97. The first-order valence-corrected chi connectivity index (χ1v) is 8.52. The Hall–Kier alpha value is -1.47. The van der Waals surface area contributed by atoms with Crippen LogP contribution in [0, 0.1) is 0 Å². The second-order valence-corrected chi connectivity index (χ2v) is 6.91. The third-order valence-electron chi connectivity index (χ3n) is 4.83. The number of piperidine rings is 1. The van der Waals surface area contributed by atoms with Gasteiger partial charge in [-0.2, -0.15) is 0 Å². The summed E-state index contributed by atoms with van der Waals surface area (Å²) in [5.41, 5.74) is 0. The summed E-state index contributed by atoms with van der Waals surface area (Å²) in [6.45, 7) is 7.88. The Labute approximate surface area is 137 Å². The van der Waals surface area contributed by atoms with E-state index in [1.807, 2.05) is 30.4 Å². The largest absolute Gasteiger partial charge is 0.372 e. The van der Waals surface area contributed by atoms with Crippen molar-refractivity contribution < 1.29 is 9.53 Å². The molecule has 23 heavy (non-hydrogen) atoms. The Balaban J connectivity index is 1.49. The molecule has 7 nitrogen and oxygen atoms in total. The van der Waals surface area contributed by atoms with Gasteiger partial charge in [-0.05, 0) is 39.8 Å². The van der Waals surface area contributed by atoms with E-state index in [1.165, 1.54) is 0 Å². The fraction of sp³-hybridized carbons (Fsp3) is 0.812. The number of nitrogens with zero attached hydrogens (tertiary/aromatic N) is 5. The first-order chi connectivity index (χ1) is 11.0. The fourth-order valence-electron chi connectivity index (χ4n) is 3.68. The molecule has 2 fully saturated rings. The zero-order chi connectivity index (χ0) is 16.4. The molecule has 0 aliphatic carbocycles. The minimum atomic E-state index is 0.129. The van der Waals surface area contributed by atoms with Crippen molar-refractivity contribution in [1.29, 1.82) is 0 Å². The van der Waals surface area contributed by atoms with Gasteiger partial charge in [0.1, 0.15) is 12.2 Å². The zero-order valence-electron chi connectivity index (χ0n) is 14.3. The number of morpholine rings is 1. The van der Waals surface area contributed by atoms with Crippen molar-refractivity contribution in [3.05, 3.63) is 12.2 Å². The first kappa shape index (κ1) is 16.4. The third kappa shape index (κ3) is 3.90. The Kier molecular flexibility index (Phi) is 4.96. The molecule has 0 bridgehead atoms. The maximum atomic E-state index is 12.5. The molecule has 0 saturated carbocycles.